The third-order valence-corrected chi connectivity index (χ3v) is 6.30. The number of aryl methyl sites for hydroxylation is 1. The molecule has 0 saturated carbocycles. The Morgan fingerprint density at radius 1 is 1.11 bits per heavy atom. The van der Waals surface area contributed by atoms with E-state index in [1.165, 1.54) is 0 Å². The quantitative estimate of drug-likeness (QED) is 0.653. The maximum absolute atomic E-state index is 12.7. The molecule has 1 amide bonds. The molecule has 0 aliphatic carbocycles. The van der Waals surface area contributed by atoms with Crippen molar-refractivity contribution in [1.29, 1.82) is 0 Å². The molecule has 6 nitrogen and oxygen atoms in total. The van der Waals surface area contributed by atoms with Crippen LogP contribution in [0.25, 0.3) is 11.0 Å². The topological polar surface area (TPSA) is 89.0 Å². The summed E-state index contributed by atoms with van der Waals surface area (Å²) >= 11 is 12.0. The van der Waals surface area contributed by atoms with Crippen molar-refractivity contribution in [2.75, 3.05) is 5.75 Å². The fourth-order valence-corrected chi connectivity index (χ4v) is 4.69. The molecule has 9 heteroatoms. The largest absolute Gasteiger partial charge is 0.349 e. The number of para-hydroxylation sites is 2. The van der Waals surface area contributed by atoms with Gasteiger partial charge in [0.25, 0.3) is 0 Å². The van der Waals surface area contributed by atoms with Crippen LogP contribution in [-0.4, -0.2) is 30.0 Å². The van der Waals surface area contributed by atoms with Crippen LogP contribution < -0.4 is 5.32 Å². The fraction of sp³-hybridized carbons (Fsp3) is 0.211. The van der Waals surface area contributed by atoms with E-state index in [1.807, 2.05) is 0 Å². The lowest BCUT2D eigenvalue weighted by Crippen LogP contribution is -2.33. The third-order valence-electron chi connectivity index (χ3n) is 4.12. The molecule has 0 saturated heterocycles. The molecule has 0 aliphatic heterocycles. The Morgan fingerprint density at radius 3 is 2.39 bits per heavy atom. The molecule has 0 bridgehead atoms. The number of hydrogen-bond donors (Lipinski definition) is 1. The zero-order valence-corrected chi connectivity index (χ0v) is 17.4. The highest BCUT2D eigenvalue weighted by atomic mass is 35.5. The van der Waals surface area contributed by atoms with Crippen LogP contribution in [-0.2, 0) is 14.6 Å². The van der Waals surface area contributed by atoms with Crippen LogP contribution in [0.2, 0.25) is 10.0 Å². The number of halogens is 2. The molecule has 1 atom stereocenters. The summed E-state index contributed by atoms with van der Waals surface area (Å²) in [4.78, 5) is 20.8. The van der Waals surface area contributed by atoms with Crippen molar-refractivity contribution in [2.45, 2.75) is 24.9 Å². The first kappa shape index (κ1) is 20.5. The lowest BCUT2D eigenvalue weighted by atomic mass is 10.1. The minimum atomic E-state index is -3.97. The SMILES string of the molecule is Cc1nc2ccccc2nc1S(=O)(=O)CC(=O)NC(C)c1ccc(Cl)cc1Cl. The Labute approximate surface area is 172 Å². The summed E-state index contributed by atoms with van der Waals surface area (Å²) in [5.41, 5.74) is 1.93. The van der Waals surface area contributed by atoms with Gasteiger partial charge >= 0.3 is 0 Å². The van der Waals surface area contributed by atoms with Crippen molar-refractivity contribution in [1.82, 2.24) is 15.3 Å². The number of carbonyl (C=O) groups excluding carboxylic acids is 1. The standard InChI is InChI=1S/C19H17Cl2N3O3S/c1-11(14-8-7-13(20)9-15(14)21)23-18(25)10-28(26,27)19-12(2)22-16-5-3-4-6-17(16)24-19/h3-9,11H,10H2,1-2H3,(H,23,25). The highest BCUT2D eigenvalue weighted by Gasteiger charge is 2.25. The van der Waals surface area contributed by atoms with Crippen LogP contribution in [0.5, 0.6) is 0 Å². The Kier molecular flexibility index (Phi) is 5.88. The average Bonchev–Trinajstić information content (AvgIpc) is 2.60. The first-order valence-corrected chi connectivity index (χ1v) is 10.8. The monoisotopic (exact) mass is 437 g/mol. The van der Waals surface area contributed by atoms with E-state index in [0.29, 0.717) is 26.6 Å². The van der Waals surface area contributed by atoms with E-state index in [4.69, 9.17) is 23.2 Å². The van der Waals surface area contributed by atoms with E-state index in [2.05, 4.69) is 15.3 Å². The average molecular weight is 438 g/mol. The predicted molar refractivity (Wildman–Crippen MR) is 109 cm³/mol. The van der Waals surface area contributed by atoms with Gasteiger partial charge in [0.05, 0.1) is 22.8 Å². The van der Waals surface area contributed by atoms with Crippen molar-refractivity contribution in [3.63, 3.8) is 0 Å². The Morgan fingerprint density at radius 2 is 1.75 bits per heavy atom. The summed E-state index contributed by atoms with van der Waals surface area (Å²) in [6.07, 6.45) is 0. The van der Waals surface area contributed by atoms with E-state index in [-0.39, 0.29) is 10.7 Å². The molecule has 146 valence electrons. The molecule has 3 rings (SSSR count). The number of sulfone groups is 1. The zero-order chi connectivity index (χ0) is 20.5. The molecule has 1 N–H and O–H groups in total. The van der Waals surface area contributed by atoms with Crippen LogP contribution >= 0.6 is 23.2 Å². The summed E-state index contributed by atoms with van der Waals surface area (Å²) in [6.45, 7) is 3.26. The van der Waals surface area contributed by atoms with Crippen LogP contribution in [0.3, 0.4) is 0 Å². The van der Waals surface area contributed by atoms with Crippen molar-refractivity contribution >= 4 is 50.0 Å². The maximum atomic E-state index is 12.7. The van der Waals surface area contributed by atoms with E-state index in [9.17, 15) is 13.2 Å². The summed E-state index contributed by atoms with van der Waals surface area (Å²) < 4.78 is 25.5. The van der Waals surface area contributed by atoms with E-state index >= 15 is 0 Å². The number of aromatic nitrogens is 2. The van der Waals surface area contributed by atoms with E-state index < -0.39 is 27.5 Å². The molecule has 28 heavy (non-hydrogen) atoms. The number of nitrogens with zero attached hydrogens (tertiary/aromatic N) is 2. The van der Waals surface area contributed by atoms with Gasteiger partial charge in [-0.25, -0.2) is 18.4 Å². The number of benzene rings is 2. The van der Waals surface area contributed by atoms with Gasteiger partial charge in [-0.15, -0.1) is 0 Å². The molecular formula is C19H17Cl2N3O3S. The van der Waals surface area contributed by atoms with Gasteiger partial charge in [0, 0.05) is 10.0 Å². The zero-order valence-electron chi connectivity index (χ0n) is 15.1. The van der Waals surface area contributed by atoms with E-state index in [0.717, 1.165) is 0 Å². The highest BCUT2D eigenvalue weighted by molar-refractivity contribution is 7.92. The Hall–Kier alpha value is -2.22. The molecule has 0 fully saturated rings. The van der Waals surface area contributed by atoms with Crippen LogP contribution in [0.4, 0.5) is 0 Å². The van der Waals surface area contributed by atoms with Crippen LogP contribution in [0, 0.1) is 6.92 Å². The molecule has 3 aromatic rings. The van der Waals surface area contributed by atoms with Crippen molar-refractivity contribution in [3.8, 4) is 0 Å². The Bertz CT molecular complexity index is 1170. The molecule has 1 unspecified atom stereocenters. The van der Waals surface area contributed by atoms with Gasteiger partial charge in [-0.2, -0.15) is 0 Å². The van der Waals surface area contributed by atoms with Gasteiger partial charge in [0.15, 0.2) is 5.03 Å². The number of nitrogens with one attached hydrogen (secondary N) is 1. The van der Waals surface area contributed by atoms with Crippen molar-refractivity contribution in [2.24, 2.45) is 0 Å². The third kappa shape index (κ3) is 4.43. The molecule has 2 aromatic carbocycles. The molecule has 1 heterocycles. The second-order valence-electron chi connectivity index (χ2n) is 6.32. The van der Waals surface area contributed by atoms with Gasteiger partial charge in [0.1, 0.15) is 5.75 Å². The lowest BCUT2D eigenvalue weighted by Gasteiger charge is -2.16. The number of fused-ring (bicyclic) bond motifs is 1. The fourth-order valence-electron chi connectivity index (χ4n) is 2.82. The Balaban J connectivity index is 1.80. The normalized spacial score (nSPS) is 12.7. The summed E-state index contributed by atoms with van der Waals surface area (Å²) in [5.74, 6) is -1.40. The number of carbonyl (C=O) groups is 1. The minimum absolute atomic E-state index is 0.196. The van der Waals surface area contributed by atoms with Gasteiger partial charge in [-0.1, -0.05) is 41.4 Å². The maximum Gasteiger partial charge on any atom is 0.236 e. The van der Waals surface area contributed by atoms with Crippen LogP contribution in [0.15, 0.2) is 47.5 Å². The molecule has 0 aliphatic rings. The number of rotatable bonds is 5. The molecular weight excluding hydrogens is 421 g/mol. The smallest absolute Gasteiger partial charge is 0.236 e. The first-order chi connectivity index (χ1) is 13.2. The second-order valence-corrected chi connectivity index (χ2v) is 9.07. The van der Waals surface area contributed by atoms with Crippen molar-refractivity contribution < 1.29 is 13.2 Å². The van der Waals surface area contributed by atoms with Crippen molar-refractivity contribution in [3.05, 3.63) is 63.8 Å². The number of hydrogen-bond acceptors (Lipinski definition) is 5. The van der Waals surface area contributed by atoms with Gasteiger partial charge in [-0.05, 0) is 43.7 Å². The van der Waals surface area contributed by atoms with Gasteiger partial charge in [-0.3, -0.25) is 4.79 Å². The summed E-state index contributed by atoms with van der Waals surface area (Å²) in [6, 6.07) is 11.4. The van der Waals surface area contributed by atoms with Crippen LogP contribution in [0.1, 0.15) is 24.2 Å². The first-order valence-electron chi connectivity index (χ1n) is 8.38. The van der Waals surface area contributed by atoms with E-state index in [1.54, 1.807) is 56.3 Å². The highest BCUT2D eigenvalue weighted by Crippen LogP contribution is 2.26. The predicted octanol–water partition coefficient (Wildman–Crippen LogP) is 3.90. The van der Waals surface area contributed by atoms with Gasteiger partial charge < -0.3 is 5.32 Å². The van der Waals surface area contributed by atoms with Gasteiger partial charge in [0.2, 0.25) is 15.7 Å². The second kappa shape index (κ2) is 8.03. The minimum Gasteiger partial charge on any atom is -0.349 e. The lowest BCUT2D eigenvalue weighted by molar-refractivity contribution is -0.119. The summed E-state index contributed by atoms with van der Waals surface area (Å²) in [7, 11) is -3.97. The number of amides is 1. The molecule has 0 spiro atoms. The molecule has 1 aromatic heterocycles. The summed E-state index contributed by atoms with van der Waals surface area (Å²) in [5, 5.41) is 3.31. The molecule has 0 radical (unpaired) electrons.